The monoisotopic (exact) mass is 441 g/mol. The number of furan rings is 1. The molecule has 0 radical (unpaired) electrons. The van der Waals surface area contributed by atoms with Crippen molar-refractivity contribution in [3.05, 3.63) is 77.3 Å². The number of hydrazone groups is 1. The van der Waals surface area contributed by atoms with Crippen molar-refractivity contribution < 1.29 is 4.42 Å². The number of hydrogen-bond donors (Lipinski definition) is 2. The van der Waals surface area contributed by atoms with Crippen LogP contribution in [-0.4, -0.2) is 41.3 Å². The van der Waals surface area contributed by atoms with Gasteiger partial charge in [-0.05, 0) is 62.2 Å². The molecule has 2 heterocycles. The molecule has 3 rings (SSSR count). The highest BCUT2D eigenvalue weighted by Crippen LogP contribution is 2.25. The van der Waals surface area contributed by atoms with Gasteiger partial charge in [0.2, 0.25) is 0 Å². The minimum atomic E-state index is 0.433. The molecular weight excluding hydrogens is 418 g/mol. The molecule has 0 saturated carbocycles. The maximum Gasteiger partial charge on any atom is 0.187 e. The normalized spacial score (nSPS) is 11.5. The van der Waals surface area contributed by atoms with Crippen molar-refractivity contribution in [2.75, 3.05) is 20.6 Å². The second-order valence-electron chi connectivity index (χ2n) is 6.94. The van der Waals surface area contributed by atoms with E-state index in [1.54, 1.807) is 12.4 Å². The predicted octanol–water partition coefficient (Wildman–Crippen LogP) is 4.32. The summed E-state index contributed by atoms with van der Waals surface area (Å²) in [6.45, 7) is 1.39. The molecular formula is C22H24ClN5OS. The maximum absolute atomic E-state index is 6.10. The Hall–Kier alpha value is -2.74. The van der Waals surface area contributed by atoms with Crippen LogP contribution in [0.4, 0.5) is 0 Å². The van der Waals surface area contributed by atoms with Gasteiger partial charge in [-0.3, -0.25) is 10.4 Å². The quantitative estimate of drug-likeness (QED) is 0.308. The van der Waals surface area contributed by atoms with E-state index in [4.69, 9.17) is 28.2 Å². The number of rotatable bonds is 8. The van der Waals surface area contributed by atoms with Crippen LogP contribution in [-0.2, 0) is 6.54 Å². The summed E-state index contributed by atoms with van der Waals surface area (Å²) in [7, 11) is 4.04. The molecule has 0 saturated heterocycles. The van der Waals surface area contributed by atoms with E-state index >= 15 is 0 Å². The van der Waals surface area contributed by atoms with E-state index in [-0.39, 0.29) is 0 Å². The highest BCUT2D eigenvalue weighted by Gasteiger charge is 2.12. The van der Waals surface area contributed by atoms with Crippen LogP contribution in [0.2, 0.25) is 5.02 Å². The first-order chi connectivity index (χ1) is 14.5. The SMILES string of the molecule is CN(C)CC/C(=N\NC(=S)NCc1cccnc1)c1ccc(-c2cccc(Cl)c2)o1. The van der Waals surface area contributed by atoms with Gasteiger partial charge in [0.1, 0.15) is 11.5 Å². The van der Waals surface area contributed by atoms with Gasteiger partial charge in [0.05, 0.1) is 0 Å². The van der Waals surface area contributed by atoms with E-state index in [9.17, 15) is 0 Å². The van der Waals surface area contributed by atoms with Crippen LogP contribution in [0.15, 0.2) is 70.4 Å². The zero-order chi connectivity index (χ0) is 21.3. The maximum atomic E-state index is 6.10. The zero-order valence-electron chi connectivity index (χ0n) is 16.9. The molecule has 0 fully saturated rings. The molecule has 3 aromatic rings. The van der Waals surface area contributed by atoms with E-state index < -0.39 is 0 Å². The lowest BCUT2D eigenvalue weighted by Crippen LogP contribution is -2.32. The second-order valence-corrected chi connectivity index (χ2v) is 7.79. The van der Waals surface area contributed by atoms with Gasteiger partial charge in [-0.1, -0.05) is 29.8 Å². The first-order valence-electron chi connectivity index (χ1n) is 9.51. The fourth-order valence-electron chi connectivity index (χ4n) is 2.70. The van der Waals surface area contributed by atoms with Crippen molar-refractivity contribution in [2.45, 2.75) is 13.0 Å². The molecule has 30 heavy (non-hydrogen) atoms. The largest absolute Gasteiger partial charge is 0.455 e. The number of thiocarbonyl (C=S) groups is 1. The van der Waals surface area contributed by atoms with Crippen LogP contribution in [0, 0.1) is 0 Å². The Morgan fingerprint density at radius 2 is 2.07 bits per heavy atom. The Balaban J connectivity index is 1.70. The van der Waals surface area contributed by atoms with Gasteiger partial charge in [0, 0.05) is 42.5 Å². The zero-order valence-corrected chi connectivity index (χ0v) is 18.5. The minimum absolute atomic E-state index is 0.433. The summed E-state index contributed by atoms with van der Waals surface area (Å²) in [6.07, 6.45) is 4.23. The fourth-order valence-corrected chi connectivity index (χ4v) is 3.00. The topological polar surface area (TPSA) is 65.7 Å². The van der Waals surface area contributed by atoms with Crippen LogP contribution < -0.4 is 10.7 Å². The summed E-state index contributed by atoms with van der Waals surface area (Å²) in [4.78, 5) is 6.19. The fraction of sp³-hybridized carbons (Fsp3) is 0.227. The number of nitrogens with one attached hydrogen (secondary N) is 2. The Bertz CT molecular complexity index is 1000. The van der Waals surface area contributed by atoms with Crippen molar-refractivity contribution >= 4 is 34.6 Å². The first kappa shape index (κ1) is 22.0. The van der Waals surface area contributed by atoms with Crippen LogP contribution in [0.5, 0.6) is 0 Å². The molecule has 1 aromatic carbocycles. The van der Waals surface area contributed by atoms with E-state index in [0.717, 1.165) is 29.1 Å². The number of nitrogens with zero attached hydrogens (tertiary/aromatic N) is 3. The molecule has 2 aromatic heterocycles. The smallest absolute Gasteiger partial charge is 0.187 e. The summed E-state index contributed by atoms with van der Waals surface area (Å²) >= 11 is 11.4. The van der Waals surface area contributed by atoms with Gasteiger partial charge < -0.3 is 14.6 Å². The summed E-state index contributed by atoms with van der Waals surface area (Å²) in [5.41, 5.74) is 5.66. The van der Waals surface area contributed by atoms with Crippen LogP contribution in [0.3, 0.4) is 0 Å². The van der Waals surface area contributed by atoms with Crippen molar-refractivity contribution in [1.29, 1.82) is 0 Å². The number of benzene rings is 1. The molecule has 0 aliphatic rings. The highest BCUT2D eigenvalue weighted by atomic mass is 35.5. The van der Waals surface area contributed by atoms with Gasteiger partial charge in [-0.2, -0.15) is 5.10 Å². The third kappa shape index (κ3) is 6.66. The molecule has 0 unspecified atom stereocenters. The van der Waals surface area contributed by atoms with Gasteiger partial charge in [-0.25, -0.2) is 0 Å². The summed E-state index contributed by atoms with van der Waals surface area (Å²) < 4.78 is 6.06. The number of pyridine rings is 1. The third-order valence-electron chi connectivity index (χ3n) is 4.26. The van der Waals surface area contributed by atoms with Gasteiger partial charge in [0.15, 0.2) is 10.9 Å². The lowest BCUT2D eigenvalue weighted by atomic mass is 10.2. The van der Waals surface area contributed by atoms with Crippen LogP contribution in [0.25, 0.3) is 11.3 Å². The minimum Gasteiger partial charge on any atom is -0.455 e. The molecule has 156 valence electrons. The van der Waals surface area contributed by atoms with Crippen molar-refractivity contribution in [1.82, 2.24) is 20.6 Å². The standard InChI is InChI=1S/C22H24ClN5OS/c1-28(2)12-10-19(26-27-22(30)25-15-16-5-4-11-24-14-16)21-9-8-20(29-21)17-6-3-7-18(23)13-17/h3-9,11,13-14H,10,12,15H2,1-2H3,(H2,25,27,30)/b26-19+. The van der Waals surface area contributed by atoms with Gasteiger partial charge in [0.25, 0.3) is 0 Å². The Kier molecular flexibility index (Phi) is 7.96. The number of hydrogen-bond acceptors (Lipinski definition) is 5. The Labute approximate surface area is 187 Å². The molecule has 6 nitrogen and oxygen atoms in total. The van der Waals surface area contributed by atoms with E-state index in [1.807, 2.05) is 62.6 Å². The molecule has 0 spiro atoms. The average Bonchev–Trinajstić information content (AvgIpc) is 3.23. The van der Waals surface area contributed by atoms with Gasteiger partial charge >= 0.3 is 0 Å². The highest BCUT2D eigenvalue weighted by molar-refractivity contribution is 7.80. The second kappa shape index (κ2) is 10.9. The molecule has 2 N–H and O–H groups in total. The summed E-state index contributed by atoms with van der Waals surface area (Å²) in [5, 5.41) is 8.73. The lowest BCUT2D eigenvalue weighted by molar-refractivity contribution is 0.420. The Morgan fingerprint density at radius 3 is 2.80 bits per heavy atom. The van der Waals surface area contributed by atoms with E-state index in [0.29, 0.717) is 28.9 Å². The third-order valence-corrected chi connectivity index (χ3v) is 4.73. The number of aromatic nitrogens is 1. The Morgan fingerprint density at radius 1 is 1.20 bits per heavy atom. The molecule has 0 aliphatic heterocycles. The molecule has 8 heteroatoms. The van der Waals surface area contributed by atoms with Crippen LogP contribution in [0.1, 0.15) is 17.7 Å². The molecule has 0 atom stereocenters. The van der Waals surface area contributed by atoms with Crippen molar-refractivity contribution in [3.63, 3.8) is 0 Å². The van der Waals surface area contributed by atoms with E-state index in [2.05, 4.69) is 25.7 Å². The lowest BCUT2D eigenvalue weighted by Gasteiger charge is -2.11. The summed E-state index contributed by atoms with van der Waals surface area (Å²) in [6, 6.07) is 15.3. The molecule has 0 aliphatic carbocycles. The first-order valence-corrected chi connectivity index (χ1v) is 10.3. The number of halogens is 1. The van der Waals surface area contributed by atoms with Crippen molar-refractivity contribution in [2.24, 2.45) is 5.10 Å². The molecule has 0 bridgehead atoms. The van der Waals surface area contributed by atoms with Gasteiger partial charge in [-0.15, -0.1) is 0 Å². The molecule has 0 amide bonds. The summed E-state index contributed by atoms with van der Waals surface area (Å²) in [5.74, 6) is 1.43. The van der Waals surface area contributed by atoms with Crippen LogP contribution >= 0.6 is 23.8 Å². The van der Waals surface area contributed by atoms with Crippen molar-refractivity contribution in [3.8, 4) is 11.3 Å². The predicted molar refractivity (Wildman–Crippen MR) is 126 cm³/mol. The average molecular weight is 442 g/mol. The van der Waals surface area contributed by atoms with E-state index in [1.165, 1.54) is 0 Å².